The molecular weight excluding hydrogens is 284 g/mol. The second-order valence-electron chi connectivity index (χ2n) is 5.03. The van der Waals surface area contributed by atoms with Crippen molar-refractivity contribution in [3.63, 3.8) is 0 Å². The number of rotatable bonds is 2. The molecule has 0 atom stereocenters. The molecule has 0 amide bonds. The van der Waals surface area contributed by atoms with Crippen LogP contribution in [0.3, 0.4) is 0 Å². The number of ketones is 1. The summed E-state index contributed by atoms with van der Waals surface area (Å²) >= 11 is 6.20. The van der Waals surface area contributed by atoms with E-state index in [1.165, 1.54) is 5.56 Å². The number of methoxy groups -OCH3 is 1. The fourth-order valence-corrected chi connectivity index (χ4v) is 2.78. The van der Waals surface area contributed by atoms with E-state index in [1.807, 2.05) is 48.5 Å². The molecule has 0 aliphatic heterocycles. The minimum atomic E-state index is 0.149. The molecular formula is C18H15ClO2. The molecule has 0 radical (unpaired) electrons. The molecule has 0 fully saturated rings. The predicted molar refractivity (Wildman–Crippen MR) is 85.6 cm³/mol. The van der Waals surface area contributed by atoms with Crippen molar-refractivity contribution in [1.82, 2.24) is 0 Å². The highest BCUT2D eigenvalue weighted by atomic mass is 35.5. The van der Waals surface area contributed by atoms with E-state index in [-0.39, 0.29) is 5.78 Å². The molecule has 0 bridgehead atoms. The molecule has 0 N–H and O–H groups in total. The number of ether oxygens (including phenoxy) is 1. The largest absolute Gasteiger partial charge is 0.497 e. The maximum Gasteiger partial charge on any atom is 0.163 e. The van der Waals surface area contributed by atoms with E-state index in [0.717, 1.165) is 23.3 Å². The third-order valence-electron chi connectivity index (χ3n) is 3.73. The molecule has 1 aliphatic rings. The summed E-state index contributed by atoms with van der Waals surface area (Å²) in [4.78, 5) is 12.3. The van der Waals surface area contributed by atoms with Gasteiger partial charge in [-0.15, -0.1) is 0 Å². The van der Waals surface area contributed by atoms with Gasteiger partial charge in [-0.1, -0.05) is 35.9 Å². The minimum Gasteiger partial charge on any atom is -0.497 e. The Hall–Kier alpha value is -2.06. The van der Waals surface area contributed by atoms with Crippen molar-refractivity contribution in [2.45, 2.75) is 12.8 Å². The molecule has 106 valence electrons. The second kappa shape index (κ2) is 5.74. The summed E-state index contributed by atoms with van der Waals surface area (Å²) in [5.41, 5.74) is 3.70. The Kier molecular flexibility index (Phi) is 3.80. The van der Waals surface area contributed by atoms with Crippen LogP contribution in [0.4, 0.5) is 0 Å². The van der Waals surface area contributed by atoms with Crippen LogP contribution in [0, 0.1) is 0 Å². The van der Waals surface area contributed by atoms with Crippen molar-refractivity contribution < 1.29 is 9.53 Å². The third kappa shape index (κ3) is 2.72. The van der Waals surface area contributed by atoms with Gasteiger partial charge >= 0.3 is 0 Å². The van der Waals surface area contributed by atoms with Crippen LogP contribution in [0.1, 0.15) is 23.1 Å². The van der Waals surface area contributed by atoms with E-state index in [1.54, 1.807) is 7.11 Å². The van der Waals surface area contributed by atoms with E-state index in [0.29, 0.717) is 17.0 Å². The average Bonchev–Trinajstić information content (AvgIpc) is 2.51. The number of Topliss-reactive ketones (excluding diaryl/α,β-unsaturated/α-hetero) is 1. The van der Waals surface area contributed by atoms with Gasteiger partial charge in [0.05, 0.1) is 7.11 Å². The van der Waals surface area contributed by atoms with Gasteiger partial charge in [-0.3, -0.25) is 4.79 Å². The Morgan fingerprint density at radius 2 is 1.95 bits per heavy atom. The van der Waals surface area contributed by atoms with Gasteiger partial charge < -0.3 is 4.74 Å². The summed E-state index contributed by atoms with van der Waals surface area (Å²) in [6.07, 6.45) is 3.19. The van der Waals surface area contributed by atoms with Crippen molar-refractivity contribution in [2.24, 2.45) is 0 Å². The molecule has 3 rings (SSSR count). The normalized spacial score (nSPS) is 15.9. The predicted octanol–water partition coefficient (Wildman–Crippen LogP) is 4.40. The fraction of sp³-hybridized carbons (Fsp3) is 0.167. The number of carbonyl (C=O) groups excluding carboxylic acids is 1. The lowest BCUT2D eigenvalue weighted by Crippen LogP contribution is -2.12. The van der Waals surface area contributed by atoms with Gasteiger partial charge in [0.2, 0.25) is 0 Å². The van der Waals surface area contributed by atoms with E-state index >= 15 is 0 Å². The van der Waals surface area contributed by atoms with E-state index in [2.05, 4.69) is 0 Å². The highest BCUT2D eigenvalue weighted by Crippen LogP contribution is 2.33. The van der Waals surface area contributed by atoms with E-state index < -0.39 is 0 Å². The number of benzene rings is 2. The van der Waals surface area contributed by atoms with Crippen molar-refractivity contribution in [3.8, 4) is 5.75 Å². The summed E-state index contributed by atoms with van der Waals surface area (Å²) in [5, 5.41) is 0.646. The molecule has 2 aromatic carbocycles. The highest BCUT2D eigenvalue weighted by molar-refractivity contribution is 6.33. The van der Waals surface area contributed by atoms with Crippen molar-refractivity contribution in [2.75, 3.05) is 7.11 Å². The summed E-state index contributed by atoms with van der Waals surface area (Å²) in [7, 11) is 1.63. The first-order chi connectivity index (χ1) is 10.2. The number of hydrogen-bond acceptors (Lipinski definition) is 2. The SMILES string of the molecule is COc1ccc2c(c1)/C(=C\c1ccccc1Cl)C(=O)CC2. The van der Waals surface area contributed by atoms with Gasteiger partial charge in [-0.2, -0.15) is 0 Å². The maximum absolute atomic E-state index is 12.3. The Morgan fingerprint density at radius 1 is 1.14 bits per heavy atom. The second-order valence-corrected chi connectivity index (χ2v) is 5.43. The van der Waals surface area contributed by atoms with Crippen LogP contribution in [0.2, 0.25) is 5.02 Å². The molecule has 2 aromatic rings. The summed E-state index contributed by atoms with van der Waals surface area (Å²) < 4.78 is 5.27. The topological polar surface area (TPSA) is 26.3 Å². The van der Waals surface area contributed by atoms with Crippen molar-refractivity contribution >= 4 is 29.0 Å². The van der Waals surface area contributed by atoms with Gasteiger partial charge in [-0.05, 0) is 47.4 Å². The maximum atomic E-state index is 12.3. The monoisotopic (exact) mass is 298 g/mol. The molecule has 1 aliphatic carbocycles. The zero-order valence-corrected chi connectivity index (χ0v) is 12.5. The zero-order valence-electron chi connectivity index (χ0n) is 11.7. The van der Waals surface area contributed by atoms with Crippen LogP contribution in [0.15, 0.2) is 42.5 Å². The molecule has 0 saturated carbocycles. The van der Waals surface area contributed by atoms with Gasteiger partial charge in [0.1, 0.15) is 5.75 Å². The van der Waals surface area contributed by atoms with Crippen LogP contribution in [0.25, 0.3) is 11.6 Å². The molecule has 2 nitrogen and oxygen atoms in total. The first kappa shape index (κ1) is 13.9. The van der Waals surface area contributed by atoms with Gasteiger partial charge in [0, 0.05) is 17.0 Å². The lowest BCUT2D eigenvalue weighted by molar-refractivity contribution is -0.113. The van der Waals surface area contributed by atoms with E-state index in [9.17, 15) is 4.79 Å². The number of carbonyl (C=O) groups is 1. The van der Waals surface area contributed by atoms with Crippen LogP contribution in [0.5, 0.6) is 5.75 Å². The van der Waals surface area contributed by atoms with Crippen LogP contribution >= 0.6 is 11.6 Å². The van der Waals surface area contributed by atoms with Crippen LogP contribution in [-0.2, 0) is 11.2 Å². The quantitative estimate of drug-likeness (QED) is 0.768. The number of hydrogen-bond donors (Lipinski definition) is 0. The molecule has 0 heterocycles. The molecule has 21 heavy (non-hydrogen) atoms. The summed E-state index contributed by atoms with van der Waals surface area (Å²) in [6.45, 7) is 0. The van der Waals surface area contributed by atoms with E-state index in [4.69, 9.17) is 16.3 Å². The van der Waals surface area contributed by atoms with Crippen molar-refractivity contribution in [1.29, 1.82) is 0 Å². The fourth-order valence-electron chi connectivity index (χ4n) is 2.59. The number of aryl methyl sites for hydroxylation is 1. The zero-order chi connectivity index (χ0) is 14.8. The lowest BCUT2D eigenvalue weighted by atomic mass is 9.85. The molecule has 0 aromatic heterocycles. The first-order valence-electron chi connectivity index (χ1n) is 6.86. The Labute approximate surface area is 129 Å². The Morgan fingerprint density at radius 3 is 2.71 bits per heavy atom. The van der Waals surface area contributed by atoms with Crippen LogP contribution in [-0.4, -0.2) is 12.9 Å². The molecule has 0 saturated heterocycles. The Bertz CT molecular complexity index is 732. The highest BCUT2D eigenvalue weighted by Gasteiger charge is 2.22. The average molecular weight is 299 g/mol. The number of halogens is 1. The number of allylic oxidation sites excluding steroid dienone is 1. The number of fused-ring (bicyclic) bond motifs is 1. The molecule has 3 heteroatoms. The van der Waals surface area contributed by atoms with Crippen molar-refractivity contribution in [3.05, 3.63) is 64.2 Å². The summed E-state index contributed by atoms with van der Waals surface area (Å²) in [6, 6.07) is 13.4. The molecule has 0 spiro atoms. The first-order valence-corrected chi connectivity index (χ1v) is 7.23. The summed E-state index contributed by atoms with van der Waals surface area (Å²) in [5.74, 6) is 0.907. The van der Waals surface area contributed by atoms with Gasteiger partial charge in [0.25, 0.3) is 0 Å². The minimum absolute atomic E-state index is 0.149. The smallest absolute Gasteiger partial charge is 0.163 e. The lowest BCUT2D eigenvalue weighted by Gasteiger charge is -2.19. The standard InChI is InChI=1S/C18H15ClO2/c1-21-14-8-6-12-7-9-18(20)16(15(12)11-14)10-13-4-2-3-5-17(13)19/h2-6,8,10-11H,7,9H2,1H3/b16-10+. The van der Waals surface area contributed by atoms with Gasteiger partial charge in [0.15, 0.2) is 5.78 Å². The molecule has 0 unspecified atom stereocenters. The Balaban J connectivity index is 2.15. The van der Waals surface area contributed by atoms with Crippen LogP contribution < -0.4 is 4.74 Å². The third-order valence-corrected chi connectivity index (χ3v) is 4.08. The van der Waals surface area contributed by atoms with Gasteiger partial charge in [-0.25, -0.2) is 0 Å².